The molecule has 2 fully saturated rings. The first kappa shape index (κ1) is 32.8. The van der Waals surface area contributed by atoms with Crippen LogP contribution in [-0.4, -0.2) is 117 Å². The highest BCUT2D eigenvalue weighted by Crippen LogP contribution is 2.44. The normalized spacial score (nSPS) is 16.2. The second-order valence-corrected chi connectivity index (χ2v) is 10.6. The number of carboxylic acids is 3. The van der Waals surface area contributed by atoms with Crippen LogP contribution in [0, 0.1) is 0 Å². The number of amides is 3. The Labute approximate surface area is 256 Å². The van der Waals surface area contributed by atoms with Gasteiger partial charge in [0.25, 0.3) is 5.91 Å². The molecule has 2 aromatic rings. The van der Waals surface area contributed by atoms with E-state index < -0.39 is 59.6 Å². The molecule has 4 N–H and O–H groups in total. The third kappa shape index (κ3) is 6.99. The van der Waals surface area contributed by atoms with Gasteiger partial charge in [0.15, 0.2) is 17.2 Å². The lowest BCUT2D eigenvalue weighted by Gasteiger charge is -2.38. The van der Waals surface area contributed by atoms with E-state index in [2.05, 4.69) is 10.3 Å². The summed E-state index contributed by atoms with van der Waals surface area (Å²) in [7, 11) is 1.21. The smallest absolute Gasteiger partial charge is 0.409 e. The van der Waals surface area contributed by atoms with Crippen molar-refractivity contribution in [1.82, 2.24) is 20.1 Å². The molecule has 0 spiro atoms. The van der Waals surface area contributed by atoms with Gasteiger partial charge in [-0.25, -0.2) is 19.4 Å². The lowest BCUT2D eigenvalue weighted by atomic mass is 9.80. The minimum Gasteiger partial charge on any atom is -0.491 e. The molecule has 1 aromatic heterocycles. The number of aromatic carboxylic acids is 1. The standard InChI is InChI=1S/C29H34N4O12/c1-3-44-28(42)33-13-11-32(12-14-33)25(37)18(7-8-20(34)35)31-24(36)21-23(43-2)22(45-29(27(40)41)9-4-10-29)17-6-5-16(26(38)39)15-19(17)30-21/h5-6,15,18H,3-4,7-14H2,1-2H3,(H,31,36)(H,34,35)(H,38,39)(H,40,41). The third-order valence-electron chi connectivity index (χ3n) is 7.78. The van der Waals surface area contributed by atoms with E-state index in [9.17, 15) is 44.1 Å². The molecule has 1 saturated heterocycles. The first-order valence-corrected chi connectivity index (χ1v) is 14.3. The highest BCUT2D eigenvalue weighted by molar-refractivity contribution is 6.04. The number of hydrogen-bond acceptors (Lipinski definition) is 10. The first-order chi connectivity index (χ1) is 21.4. The maximum absolute atomic E-state index is 13.7. The van der Waals surface area contributed by atoms with Gasteiger partial charge >= 0.3 is 24.0 Å². The van der Waals surface area contributed by atoms with Crippen molar-refractivity contribution in [3.05, 3.63) is 29.5 Å². The van der Waals surface area contributed by atoms with E-state index in [1.165, 1.54) is 35.1 Å². The molecule has 2 aliphatic rings. The summed E-state index contributed by atoms with van der Waals surface area (Å²) in [6.07, 6.45) is -0.319. The quantitative estimate of drug-likeness (QED) is 0.262. The topological polar surface area (TPSA) is 222 Å². The molecule has 45 heavy (non-hydrogen) atoms. The number of carbonyl (C=O) groups is 6. The van der Waals surface area contributed by atoms with Gasteiger partial charge in [-0.1, -0.05) is 0 Å². The van der Waals surface area contributed by atoms with E-state index in [1.54, 1.807) is 6.92 Å². The van der Waals surface area contributed by atoms with Crippen LogP contribution >= 0.6 is 0 Å². The molecule has 0 bridgehead atoms. The van der Waals surface area contributed by atoms with Gasteiger partial charge < -0.3 is 44.6 Å². The van der Waals surface area contributed by atoms with Crippen molar-refractivity contribution in [3.8, 4) is 11.5 Å². The number of aromatic nitrogens is 1. The van der Waals surface area contributed by atoms with E-state index in [0.717, 1.165) is 0 Å². The summed E-state index contributed by atoms with van der Waals surface area (Å²) in [5.74, 6) is -5.64. The van der Waals surface area contributed by atoms with Crippen molar-refractivity contribution in [2.24, 2.45) is 0 Å². The first-order valence-electron chi connectivity index (χ1n) is 14.3. The molecule has 1 aliphatic carbocycles. The van der Waals surface area contributed by atoms with Crippen LogP contribution in [0.1, 0.15) is 59.9 Å². The molecule has 242 valence electrons. The van der Waals surface area contributed by atoms with Crippen LogP contribution in [-0.2, 0) is 19.1 Å². The Bertz CT molecular complexity index is 1510. The fourth-order valence-electron chi connectivity index (χ4n) is 5.14. The third-order valence-corrected chi connectivity index (χ3v) is 7.78. The van der Waals surface area contributed by atoms with E-state index in [4.69, 9.17) is 14.2 Å². The molecule has 1 aliphatic heterocycles. The summed E-state index contributed by atoms with van der Waals surface area (Å²) in [5, 5.41) is 31.4. The predicted molar refractivity (Wildman–Crippen MR) is 153 cm³/mol. The van der Waals surface area contributed by atoms with Crippen molar-refractivity contribution in [3.63, 3.8) is 0 Å². The zero-order chi connectivity index (χ0) is 32.9. The second-order valence-electron chi connectivity index (χ2n) is 10.6. The maximum Gasteiger partial charge on any atom is 0.409 e. The number of rotatable bonds is 12. The van der Waals surface area contributed by atoms with Gasteiger partial charge in [-0.15, -0.1) is 0 Å². The van der Waals surface area contributed by atoms with Gasteiger partial charge in [0.05, 0.1) is 24.8 Å². The van der Waals surface area contributed by atoms with Crippen LogP contribution in [0.4, 0.5) is 4.79 Å². The van der Waals surface area contributed by atoms with Crippen molar-refractivity contribution < 1.29 is 58.3 Å². The molecule has 1 saturated carbocycles. The van der Waals surface area contributed by atoms with Crippen molar-refractivity contribution >= 4 is 46.7 Å². The van der Waals surface area contributed by atoms with Crippen molar-refractivity contribution in [2.75, 3.05) is 39.9 Å². The molecule has 1 unspecified atom stereocenters. The Morgan fingerprint density at radius 1 is 1.00 bits per heavy atom. The number of piperazine rings is 1. The predicted octanol–water partition coefficient (Wildman–Crippen LogP) is 1.59. The molecular weight excluding hydrogens is 596 g/mol. The molecule has 4 rings (SSSR count). The number of ether oxygens (including phenoxy) is 3. The molecule has 16 nitrogen and oxygen atoms in total. The highest BCUT2D eigenvalue weighted by Gasteiger charge is 2.48. The minimum absolute atomic E-state index is 0.0146. The Morgan fingerprint density at radius 2 is 1.67 bits per heavy atom. The van der Waals surface area contributed by atoms with Crippen LogP contribution in [0.2, 0.25) is 0 Å². The van der Waals surface area contributed by atoms with Gasteiger partial charge in [0, 0.05) is 38.0 Å². The number of methoxy groups -OCH3 is 1. The summed E-state index contributed by atoms with van der Waals surface area (Å²) >= 11 is 0. The van der Waals surface area contributed by atoms with Gasteiger partial charge in [-0.05, 0) is 50.8 Å². The number of fused-ring (bicyclic) bond motifs is 1. The lowest BCUT2D eigenvalue weighted by Crippen LogP contribution is -2.56. The molecular formula is C29H34N4O12. The Kier molecular flexibility index (Phi) is 9.94. The summed E-state index contributed by atoms with van der Waals surface area (Å²) in [6.45, 7) is 2.42. The summed E-state index contributed by atoms with van der Waals surface area (Å²) < 4.78 is 16.5. The largest absolute Gasteiger partial charge is 0.491 e. The molecule has 1 aromatic carbocycles. The number of hydrogen-bond donors (Lipinski definition) is 4. The summed E-state index contributed by atoms with van der Waals surface area (Å²) in [5.41, 5.74) is -2.21. The number of carboxylic acid groups (broad SMARTS) is 3. The average Bonchev–Trinajstić information content (AvgIpc) is 2.99. The van der Waals surface area contributed by atoms with E-state index in [1.807, 2.05) is 0 Å². The Hall–Kier alpha value is -5.15. The Balaban J connectivity index is 1.69. The van der Waals surface area contributed by atoms with E-state index in [-0.39, 0.29) is 80.0 Å². The number of pyridine rings is 1. The van der Waals surface area contributed by atoms with Crippen LogP contribution in [0.5, 0.6) is 11.5 Å². The SMILES string of the molecule is CCOC(=O)N1CCN(C(=O)C(CCC(=O)O)NC(=O)c2nc3cc(C(=O)O)ccc3c(OC3(C(=O)O)CCC3)c2OC)CC1. The monoisotopic (exact) mass is 630 g/mol. The van der Waals surface area contributed by atoms with E-state index in [0.29, 0.717) is 6.42 Å². The molecule has 1 atom stereocenters. The number of benzene rings is 1. The van der Waals surface area contributed by atoms with Gasteiger partial charge in [0.1, 0.15) is 6.04 Å². The fraction of sp³-hybridized carbons (Fsp3) is 0.483. The number of aliphatic carboxylic acids is 2. The van der Waals surface area contributed by atoms with E-state index >= 15 is 0 Å². The summed E-state index contributed by atoms with van der Waals surface area (Å²) in [6, 6.07) is 2.51. The van der Waals surface area contributed by atoms with Gasteiger partial charge in [0.2, 0.25) is 11.5 Å². The number of nitrogens with one attached hydrogen (secondary N) is 1. The van der Waals surface area contributed by atoms with Crippen molar-refractivity contribution in [1.29, 1.82) is 0 Å². The minimum atomic E-state index is -1.60. The lowest BCUT2D eigenvalue weighted by molar-refractivity contribution is -0.163. The summed E-state index contributed by atoms with van der Waals surface area (Å²) in [4.78, 5) is 81.7. The molecule has 0 radical (unpaired) electrons. The fourth-order valence-corrected chi connectivity index (χ4v) is 5.14. The Morgan fingerprint density at radius 3 is 2.20 bits per heavy atom. The maximum atomic E-state index is 13.7. The average molecular weight is 631 g/mol. The van der Waals surface area contributed by atoms with Crippen LogP contribution < -0.4 is 14.8 Å². The zero-order valence-corrected chi connectivity index (χ0v) is 24.7. The molecule has 16 heteroatoms. The molecule has 3 amide bonds. The molecule has 2 heterocycles. The van der Waals surface area contributed by atoms with Crippen molar-refractivity contribution in [2.45, 2.75) is 50.7 Å². The van der Waals surface area contributed by atoms with Gasteiger partial charge in [-0.2, -0.15) is 0 Å². The van der Waals surface area contributed by atoms with Crippen LogP contribution in [0.15, 0.2) is 18.2 Å². The second kappa shape index (κ2) is 13.7. The zero-order valence-electron chi connectivity index (χ0n) is 24.7. The van der Waals surface area contributed by atoms with Crippen LogP contribution in [0.3, 0.4) is 0 Å². The van der Waals surface area contributed by atoms with Gasteiger partial charge in [-0.3, -0.25) is 14.4 Å². The highest BCUT2D eigenvalue weighted by atomic mass is 16.6. The van der Waals surface area contributed by atoms with Crippen LogP contribution in [0.25, 0.3) is 10.9 Å². The number of carbonyl (C=O) groups excluding carboxylic acids is 3. The number of nitrogens with zero attached hydrogens (tertiary/aromatic N) is 3.